The highest BCUT2D eigenvalue weighted by molar-refractivity contribution is 6.51. The van der Waals surface area contributed by atoms with Crippen molar-refractivity contribution in [3.8, 4) is 17.2 Å². The van der Waals surface area contributed by atoms with Gasteiger partial charge in [-0.3, -0.25) is 14.5 Å². The Morgan fingerprint density at radius 3 is 2.23 bits per heavy atom. The van der Waals surface area contributed by atoms with E-state index in [4.69, 9.17) is 14.2 Å². The molecule has 0 aliphatic carbocycles. The zero-order valence-electron chi connectivity index (χ0n) is 20.1. The summed E-state index contributed by atoms with van der Waals surface area (Å²) in [5.74, 6) is -0.702. The van der Waals surface area contributed by atoms with Gasteiger partial charge in [0.05, 0.1) is 32.4 Å². The predicted molar refractivity (Wildman–Crippen MR) is 133 cm³/mol. The van der Waals surface area contributed by atoms with Crippen LogP contribution in [0.4, 0.5) is 5.69 Å². The maximum atomic E-state index is 13.5. The van der Waals surface area contributed by atoms with Gasteiger partial charge in [0.15, 0.2) is 0 Å². The van der Waals surface area contributed by atoms with Gasteiger partial charge in [-0.25, -0.2) is 0 Å². The normalized spacial score (nSPS) is 16.9. The van der Waals surface area contributed by atoms with E-state index in [9.17, 15) is 14.7 Å². The van der Waals surface area contributed by atoms with Crippen LogP contribution < -0.4 is 19.1 Å². The second-order valence-electron chi connectivity index (χ2n) is 8.05. The molecule has 0 saturated carbocycles. The van der Waals surface area contributed by atoms with Gasteiger partial charge in [-0.2, -0.15) is 0 Å². The van der Waals surface area contributed by atoms with Crippen molar-refractivity contribution >= 4 is 23.1 Å². The predicted octanol–water partition coefficient (Wildman–Crippen LogP) is 5.04. The number of methoxy groups -OCH3 is 2. The fourth-order valence-electron chi connectivity index (χ4n) is 4.35. The summed E-state index contributed by atoms with van der Waals surface area (Å²) in [6, 6.07) is 18.6. The number of amides is 1. The summed E-state index contributed by atoms with van der Waals surface area (Å²) in [4.78, 5) is 28.3. The number of Topliss-reactive ketones (excluding diaryl/α,β-unsaturated/α-hetero) is 1. The van der Waals surface area contributed by atoms with E-state index in [1.54, 1.807) is 48.5 Å². The highest BCUT2D eigenvalue weighted by Gasteiger charge is 2.47. The number of hydrogen-bond acceptors (Lipinski definition) is 6. The molecule has 1 saturated heterocycles. The molecule has 1 heterocycles. The van der Waals surface area contributed by atoms with Gasteiger partial charge in [-0.1, -0.05) is 30.3 Å². The number of ketones is 1. The third kappa shape index (κ3) is 4.33. The monoisotopic (exact) mass is 473 g/mol. The Kier molecular flexibility index (Phi) is 6.78. The van der Waals surface area contributed by atoms with Crippen LogP contribution in [-0.4, -0.2) is 37.6 Å². The molecular formula is C28H27NO6. The summed E-state index contributed by atoms with van der Waals surface area (Å²) >= 11 is 0. The fourth-order valence-corrected chi connectivity index (χ4v) is 4.35. The number of carbonyl (C=O) groups excluding carboxylic acids is 2. The molecule has 35 heavy (non-hydrogen) atoms. The molecule has 3 aromatic carbocycles. The summed E-state index contributed by atoms with van der Waals surface area (Å²) in [6.45, 7) is 4.24. The zero-order valence-corrected chi connectivity index (χ0v) is 20.1. The Morgan fingerprint density at radius 1 is 0.943 bits per heavy atom. The van der Waals surface area contributed by atoms with E-state index in [0.29, 0.717) is 35.1 Å². The smallest absolute Gasteiger partial charge is 0.300 e. The summed E-state index contributed by atoms with van der Waals surface area (Å²) < 4.78 is 16.6. The van der Waals surface area contributed by atoms with E-state index in [-0.39, 0.29) is 16.9 Å². The topological polar surface area (TPSA) is 85.3 Å². The molecule has 4 rings (SSSR count). The SMILES string of the molecule is CCOc1cccc(C2/C(=C(\O)c3c(OC)cccc3OC)C(=O)C(=O)N2c2cccc(C)c2)c1. The highest BCUT2D eigenvalue weighted by atomic mass is 16.5. The van der Waals surface area contributed by atoms with Crippen LogP contribution in [0.5, 0.6) is 17.2 Å². The van der Waals surface area contributed by atoms with Gasteiger partial charge in [0.25, 0.3) is 11.7 Å². The molecule has 0 bridgehead atoms. The molecule has 1 N–H and O–H groups in total. The van der Waals surface area contributed by atoms with Crippen LogP contribution in [-0.2, 0) is 9.59 Å². The van der Waals surface area contributed by atoms with Crippen LogP contribution in [0.15, 0.2) is 72.3 Å². The summed E-state index contributed by atoms with van der Waals surface area (Å²) in [6.07, 6.45) is 0. The number of aliphatic hydroxyl groups excluding tert-OH is 1. The molecule has 7 heteroatoms. The Balaban J connectivity index is 2.01. The minimum Gasteiger partial charge on any atom is -0.506 e. The second kappa shape index (κ2) is 9.93. The molecule has 1 fully saturated rings. The first-order valence-corrected chi connectivity index (χ1v) is 11.2. The van der Waals surface area contributed by atoms with Gasteiger partial charge in [0.1, 0.15) is 28.6 Å². The lowest BCUT2D eigenvalue weighted by Crippen LogP contribution is -2.29. The Morgan fingerprint density at radius 2 is 1.60 bits per heavy atom. The van der Waals surface area contributed by atoms with E-state index in [1.807, 2.05) is 32.0 Å². The average Bonchev–Trinajstić information content (AvgIpc) is 3.13. The number of carbonyl (C=O) groups is 2. The average molecular weight is 474 g/mol. The largest absolute Gasteiger partial charge is 0.506 e. The standard InChI is InChI=1S/C28H27NO6/c1-5-35-20-12-7-10-18(16-20)25-24(26(30)23-21(33-3)13-8-14-22(23)34-4)27(31)28(32)29(25)19-11-6-9-17(2)15-19/h6-16,25,30H,5H2,1-4H3/b26-24+. The van der Waals surface area contributed by atoms with E-state index in [1.165, 1.54) is 19.1 Å². The van der Waals surface area contributed by atoms with Gasteiger partial charge in [-0.05, 0) is 61.4 Å². The van der Waals surface area contributed by atoms with Crippen molar-refractivity contribution in [1.29, 1.82) is 0 Å². The van der Waals surface area contributed by atoms with Gasteiger partial charge in [0, 0.05) is 5.69 Å². The Labute approximate surface area is 204 Å². The lowest BCUT2D eigenvalue weighted by Gasteiger charge is -2.26. The number of hydrogen-bond donors (Lipinski definition) is 1. The lowest BCUT2D eigenvalue weighted by atomic mass is 9.94. The van der Waals surface area contributed by atoms with Crippen LogP contribution in [0.25, 0.3) is 5.76 Å². The lowest BCUT2D eigenvalue weighted by molar-refractivity contribution is -0.132. The molecule has 0 spiro atoms. The fraction of sp³-hybridized carbons (Fsp3) is 0.214. The van der Waals surface area contributed by atoms with Crippen molar-refractivity contribution in [3.05, 3.63) is 89.0 Å². The number of benzene rings is 3. The van der Waals surface area contributed by atoms with Gasteiger partial charge in [0.2, 0.25) is 0 Å². The van der Waals surface area contributed by atoms with Crippen LogP contribution in [0.2, 0.25) is 0 Å². The molecule has 3 aromatic rings. The first-order chi connectivity index (χ1) is 16.9. The van der Waals surface area contributed by atoms with Crippen LogP contribution in [0.1, 0.15) is 29.7 Å². The Hall–Kier alpha value is -4.26. The van der Waals surface area contributed by atoms with E-state index < -0.39 is 17.7 Å². The maximum Gasteiger partial charge on any atom is 0.300 e. The van der Waals surface area contributed by atoms with Crippen molar-refractivity contribution in [2.75, 3.05) is 25.7 Å². The number of ether oxygens (including phenoxy) is 3. The molecule has 1 atom stereocenters. The number of aliphatic hydroxyl groups is 1. The Bertz CT molecular complexity index is 1290. The number of aryl methyl sites for hydroxylation is 1. The third-order valence-electron chi connectivity index (χ3n) is 5.87. The van der Waals surface area contributed by atoms with Crippen molar-refractivity contribution in [1.82, 2.24) is 0 Å². The maximum absolute atomic E-state index is 13.5. The molecule has 180 valence electrons. The summed E-state index contributed by atoms with van der Waals surface area (Å²) in [5, 5.41) is 11.5. The molecule has 1 amide bonds. The van der Waals surface area contributed by atoms with Gasteiger partial charge < -0.3 is 19.3 Å². The minimum atomic E-state index is -0.896. The first-order valence-electron chi connectivity index (χ1n) is 11.2. The second-order valence-corrected chi connectivity index (χ2v) is 8.05. The molecule has 1 unspecified atom stereocenters. The zero-order chi connectivity index (χ0) is 25.1. The molecule has 1 aliphatic heterocycles. The minimum absolute atomic E-state index is 0.0621. The third-order valence-corrected chi connectivity index (χ3v) is 5.87. The quantitative estimate of drug-likeness (QED) is 0.294. The number of anilines is 1. The molecule has 0 aromatic heterocycles. The first kappa shape index (κ1) is 23.9. The molecular weight excluding hydrogens is 446 g/mol. The van der Waals surface area contributed by atoms with Gasteiger partial charge >= 0.3 is 0 Å². The van der Waals surface area contributed by atoms with Crippen molar-refractivity contribution in [2.24, 2.45) is 0 Å². The van der Waals surface area contributed by atoms with E-state index >= 15 is 0 Å². The van der Waals surface area contributed by atoms with E-state index in [0.717, 1.165) is 5.56 Å². The molecule has 1 aliphatic rings. The molecule has 7 nitrogen and oxygen atoms in total. The van der Waals surface area contributed by atoms with Crippen LogP contribution >= 0.6 is 0 Å². The number of nitrogens with zero attached hydrogens (tertiary/aromatic N) is 1. The van der Waals surface area contributed by atoms with Gasteiger partial charge in [-0.15, -0.1) is 0 Å². The van der Waals surface area contributed by atoms with Crippen molar-refractivity contribution < 1.29 is 28.9 Å². The number of rotatable bonds is 7. The van der Waals surface area contributed by atoms with E-state index in [2.05, 4.69) is 0 Å². The van der Waals surface area contributed by atoms with Crippen molar-refractivity contribution in [3.63, 3.8) is 0 Å². The highest BCUT2D eigenvalue weighted by Crippen LogP contribution is 2.45. The van der Waals surface area contributed by atoms with Crippen molar-refractivity contribution in [2.45, 2.75) is 19.9 Å². The molecule has 0 radical (unpaired) electrons. The summed E-state index contributed by atoms with van der Waals surface area (Å²) in [5.41, 5.74) is 2.23. The van der Waals surface area contributed by atoms with Crippen LogP contribution in [0, 0.1) is 6.92 Å². The summed E-state index contributed by atoms with van der Waals surface area (Å²) in [7, 11) is 2.92. The van der Waals surface area contributed by atoms with Crippen LogP contribution in [0.3, 0.4) is 0 Å².